The van der Waals surface area contributed by atoms with E-state index < -0.39 is 0 Å². The molecule has 0 unspecified atom stereocenters. The topological polar surface area (TPSA) is 26.0 Å². The lowest BCUT2D eigenvalue weighted by atomic mass is 9.86. The van der Waals surface area contributed by atoms with E-state index in [0.29, 0.717) is 0 Å². The Hall–Kier alpha value is -0.0400. The SMILES string of the molecule is NC[CH]CC1CCCCC1. The molecule has 1 saturated carbocycles. The van der Waals surface area contributed by atoms with Crippen molar-refractivity contribution in [3.8, 4) is 0 Å². The van der Waals surface area contributed by atoms with Gasteiger partial charge in [-0.15, -0.1) is 0 Å². The van der Waals surface area contributed by atoms with Crippen LogP contribution >= 0.6 is 0 Å². The Kier molecular flexibility index (Phi) is 3.81. The molecule has 1 rings (SSSR count). The Bertz CT molecular complexity index is 74.8. The van der Waals surface area contributed by atoms with Crippen molar-refractivity contribution in [2.75, 3.05) is 6.54 Å². The van der Waals surface area contributed by atoms with E-state index >= 15 is 0 Å². The summed E-state index contributed by atoms with van der Waals surface area (Å²) in [5.74, 6) is 0.970. The van der Waals surface area contributed by atoms with Crippen LogP contribution in [0.5, 0.6) is 0 Å². The Morgan fingerprint density at radius 1 is 1.20 bits per heavy atom. The van der Waals surface area contributed by atoms with Gasteiger partial charge in [0.05, 0.1) is 0 Å². The van der Waals surface area contributed by atoms with Crippen LogP contribution in [-0.2, 0) is 0 Å². The second-order valence-corrected chi connectivity index (χ2v) is 3.26. The largest absolute Gasteiger partial charge is 0.330 e. The highest BCUT2D eigenvalue weighted by Crippen LogP contribution is 2.26. The summed E-state index contributed by atoms with van der Waals surface area (Å²) in [4.78, 5) is 0. The van der Waals surface area contributed by atoms with E-state index in [0.717, 1.165) is 12.5 Å². The van der Waals surface area contributed by atoms with Crippen LogP contribution in [0.3, 0.4) is 0 Å². The Labute approximate surface area is 64.0 Å². The molecule has 0 aromatic rings. The highest BCUT2D eigenvalue weighted by atomic mass is 14.5. The van der Waals surface area contributed by atoms with Crippen molar-refractivity contribution in [2.24, 2.45) is 11.7 Å². The van der Waals surface area contributed by atoms with Crippen molar-refractivity contribution in [3.05, 3.63) is 6.42 Å². The number of nitrogens with two attached hydrogens (primary N) is 1. The van der Waals surface area contributed by atoms with Gasteiger partial charge in [-0.2, -0.15) is 0 Å². The van der Waals surface area contributed by atoms with Crippen LogP contribution in [0.15, 0.2) is 0 Å². The average molecular weight is 140 g/mol. The van der Waals surface area contributed by atoms with E-state index in [4.69, 9.17) is 5.73 Å². The third kappa shape index (κ3) is 2.70. The minimum absolute atomic E-state index is 0.760. The molecule has 0 saturated heterocycles. The molecule has 1 radical (unpaired) electrons. The fraction of sp³-hybridized carbons (Fsp3) is 0.889. The van der Waals surface area contributed by atoms with Gasteiger partial charge in [-0.3, -0.25) is 0 Å². The molecule has 10 heavy (non-hydrogen) atoms. The molecule has 0 atom stereocenters. The zero-order valence-electron chi connectivity index (χ0n) is 6.68. The fourth-order valence-electron chi connectivity index (χ4n) is 1.75. The molecule has 0 aromatic carbocycles. The molecule has 2 N–H and O–H groups in total. The summed E-state index contributed by atoms with van der Waals surface area (Å²) in [6, 6.07) is 0. The quantitative estimate of drug-likeness (QED) is 0.638. The first-order valence-electron chi connectivity index (χ1n) is 4.45. The second kappa shape index (κ2) is 4.73. The zero-order valence-corrected chi connectivity index (χ0v) is 6.68. The smallest absolute Gasteiger partial charge is 0.00456 e. The zero-order chi connectivity index (χ0) is 7.23. The lowest BCUT2D eigenvalue weighted by Crippen LogP contribution is -2.09. The third-order valence-electron chi connectivity index (χ3n) is 2.39. The second-order valence-electron chi connectivity index (χ2n) is 3.26. The van der Waals surface area contributed by atoms with Crippen LogP contribution < -0.4 is 5.73 Å². The summed E-state index contributed by atoms with van der Waals surface area (Å²) < 4.78 is 0. The van der Waals surface area contributed by atoms with Gasteiger partial charge < -0.3 is 5.73 Å². The van der Waals surface area contributed by atoms with Crippen molar-refractivity contribution in [2.45, 2.75) is 38.5 Å². The molecule has 1 heteroatoms. The van der Waals surface area contributed by atoms with E-state index in [1.54, 1.807) is 0 Å². The molecule has 1 aliphatic rings. The highest BCUT2D eigenvalue weighted by molar-refractivity contribution is 4.74. The van der Waals surface area contributed by atoms with Crippen molar-refractivity contribution in [3.63, 3.8) is 0 Å². The molecule has 1 aliphatic carbocycles. The Morgan fingerprint density at radius 2 is 1.90 bits per heavy atom. The first kappa shape index (κ1) is 8.06. The van der Waals surface area contributed by atoms with Gasteiger partial charge in [0.2, 0.25) is 0 Å². The van der Waals surface area contributed by atoms with Gasteiger partial charge in [-0.05, 0) is 25.3 Å². The van der Waals surface area contributed by atoms with Crippen LogP contribution in [0, 0.1) is 12.3 Å². The minimum atomic E-state index is 0.760. The predicted molar refractivity (Wildman–Crippen MR) is 44.5 cm³/mol. The summed E-state index contributed by atoms with van der Waals surface area (Å²) in [7, 11) is 0. The standard InChI is InChI=1S/C9H18N/c10-8-4-7-9-5-2-1-3-6-9/h4,9H,1-3,5-8,10H2. The molecule has 0 bridgehead atoms. The van der Waals surface area contributed by atoms with Gasteiger partial charge in [0.15, 0.2) is 0 Å². The summed E-state index contributed by atoms with van der Waals surface area (Å²) in [6.07, 6.45) is 10.7. The van der Waals surface area contributed by atoms with Crippen molar-refractivity contribution >= 4 is 0 Å². The lowest BCUT2D eigenvalue weighted by molar-refractivity contribution is 0.353. The van der Waals surface area contributed by atoms with Gasteiger partial charge >= 0.3 is 0 Å². The third-order valence-corrected chi connectivity index (χ3v) is 2.39. The molecule has 1 nitrogen and oxygen atoms in total. The van der Waals surface area contributed by atoms with Crippen LogP contribution in [0.4, 0.5) is 0 Å². The van der Waals surface area contributed by atoms with Crippen LogP contribution in [0.25, 0.3) is 0 Å². The maximum absolute atomic E-state index is 5.39. The fourth-order valence-corrected chi connectivity index (χ4v) is 1.75. The van der Waals surface area contributed by atoms with Gasteiger partial charge in [0, 0.05) is 0 Å². The molecular formula is C9H18N. The van der Waals surface area contributed by atoms with Crippen LogP contribution in [0.2, 0.25) is 0 Å². The first-order valence-corrected chi connectivity index (χ1v) is 4.45. The molecule has 0 heterocycles. The van der Waals surface area contributed by atoms with Crippen molar-refractivity contribution in [1.29, 1.82) is 0 Å². The van der Waals surface area contributed by atoms with Gasteiger partial charge in [-0.25, -0.2) is 0 Å². The number of rotatable bonds is 3. The summed E-state index contributed by atoms with van der Waals surface area (Å²) in [6.45, 7) is 0.760. The van der Waals surface area contributed by atoms with Gasteiger partial charge in [-0.1, -0.05) is 32.1 Å². The van der Waals surface area contributed by atoms with E-state index in [-0.39, 0.29) is 0 Å². The lowest BCUT2D eigenvalue weighted by Gasteiger charge is -2.20. The maximum atomic E-state index is 5.39. The van der Waals surface area contributed by atoms with Crippen LogP contribution in [0.1, 0.15) is 38.5 Å². The normalized spacial score (nSPS) is 21.3. The number of hydrogen-bond donors (Lipinski definition) is 1. The van der Waals surface area contributed by atoms with E-state index in [1.165, 1.54) is 38.5 Å². The molecule has 0 amide bonds. The molecular weight excluding hydrogens is 122 g/mol. The minimum Gasteiger partial charge on any atom is -0.330 e. The summed E-state index contributed by atoms with van der Waals surface area (Å²) in [5.41, 5.74) is 5.39. The highest BCUT2D eigenvalue weighted by Gasteiger charge is 2.11. The monoisotopic (exact) mass is 140 g/mol. The Balaban J connectivity index is 2.02. The molecule has 1 fully saturated rings. The van der Waals surface area contributed by atoms with Gasteiger partial charge in [0.1, 0.15) is 0 Å². The summed E-state index contributed by atoms with van der Waals surface area (Å²) in [5, 5.41) is 0. The first-order chi connectivity index (χ1) is 4.93. The average Bonchev–Trinajstić information content (AvgIpc) is 2.03. The molecule has 0 spiro atoms. The predicted octanol–water partition coefficient (Wildman–Crippen LogP) is 2.12. The summed E-state index contributed by atoms with van der Waals surface area (Å²) >= 11 is 0. The van der Waals surface area contributed by atoms with Gasteiger partial charge in [0.25, 0.3) is 0 Å². The van der Waals surface area contributed by atoms with E-state index in [9.17, 15) is 0 Å². The molecule has 0 aromatic heterocycles. The molecule has 0 aliphatic heterocycles. The van der Waals surface area contributed by atoms with E-state index in [1.807, 2.05) is 0 Å². The maximum Gasteiger partial charge on any atom is -0.00456 e. The van der Waals surface area contributed by atoms with E-state index in [2.05, 4.69) is 6.42 Å². The number of hydrogen-bond acceptors (Lipinski definition) is 1. The Morgan fingerprint density at radius 3 is 2.50 bits per heavy atom. The van der Waals surface area contributed by atoms with Crippen LogP contribution in [-0.4, -0.2) is 6.54 Å². The van der Waals surface area contributed by atoms with Crippen molar-refractivity contribution < 1.29 is 0 Å². The van der Waals surface area contributed by atoms with Crippen molar-refractivity contribution in [1.82, 2.24) is 0 Å². The molecule has 59 valence electrons.